The topological polar surface area (TPSA) is 102 Å². The van der Waals surface area contributed by atoms with Crippen LogP contribution in [0.5, 0.6) is 5.75 Å². The Morgan fingerprint density at radius 2 is 1.97 bits per heavy atom. The number of amides is 1. The maximum Gasteiger partial charge on any atom is 0.248 e. The number of methoxy groups -OCH3 is 1. The molecule has 1 fully saturated rings. The fourth-order valence-electron chi connectivity index (χ4n) is 3.99. The maximum absolute atomic E-state index is 13.0. The lowest BCUT2D eigenvalue weighted by molar-refractivity contribution is -0.126. The number of carbonyl (C=O) groups excluding carboxylic acids is 1. The van der Waals surface area contributed by atoms with E-state index in [0.717, 1.165) is 11.3 Å². The van der Waals surface area contributed by atoms with Crippen molar-refractivity contribution in [3.05, 3.63) is 41.3 Å². The monoisotopic (exact) mass is 435 g/mol. The molecule has 2 aromatic rings. The third-order valence-corrected chi connectivity index (χ3v) is 7.97. The first-order chi connectivity index (χ1) is 14.3. The molecular weight excluding hydrogens is 406 g/mol. The van der Waals surface area contributed by atoms with Gasteiger partial charge in [0.15, 0.2) is 5.76 Å². The third kappa shape index (κ3) is 4.52. The minimum Gasteiger partial charge on any atom is -0.496 e. The Bertz CT molecular complexity index is 974. The summed E-state index contributed by atoms with van der Waals surface area (Å²) in [5.74, 6) is 0.928. The van der Waals surface area contributed by atoms with E-state index in [1.807, 2.05) is 31.2 Å². The molecule has 0 bridgehead atoms. The molecule has 1 aliphatic heterocycles. The number of benzene rings is 1. The molecule has 1 aromatic heterocycles. The van der Waals surface area contributed by atoms with Gasteiger partial charge in [0, 0.05) is 31.1 Å². The molecule has 1 N–H and O–H groups in total. The SMILES string of the molecule is COc1ccccc1CNC(=O)C(C)C1CCN(S(=O)(=O)c2c(C)noc2C)CC1. The summed E-state index contributed by atoms with van der Waals surface area (Å²) in [6, 6.07) is 7.57. The van der Waals surface area contributed by atoms with Crippen molar-refractivity contribution in [2.45, 2.75) is 45.1 Å². The summed E-state index contributed by atoms with van der Waals surface area (Å²) in [5.41, 5.74) is 1.29. The van der Waals surface area contributed by atoms with Gasteiger partial charge >= 0.3 is 0 Å². The van der Waals surface area contributed by atoms with Crippen molar-refractivity contribution in [1.29, 1.82) is 0 Å². The predicted molar refractivity (Wildman–Crippen MR) is 111 cm³/mol. The van der Waals surface area contributed by atoms with Gasteiger partial charge in [0.05, 0.1) is 7.11 Å². The minimum absolute atomic E-state index is 0.0343. The van der Waals surface area contributed by atoms with Crippen LogP contribution in [0.2, 0.25) is 0 Å². The Morgan fingerprint density at radius 3 is 2.57 bits per heavy atom. The van der Waals surface area contributed by atoms with E-state index in [1.165, 1.54) is 4.31 Å². The molecule has 0 spiro atoms. The van der Waals surface area contributed by atoms with Crippen LogP contribution >= 0.6 is 0 Å². The molecule has 1 saturated heterocycles. The number of ether oxygens (including phenoxy) is 1. The number of aryl methyl sites for hydroxylation is 2. The first-order valence-corrected chi connectivity index (χ1v) is 11.5. The lowest BCUT2D eigenvalue weighted by atomic mass is 9.85. The lowest BCUT2D eigenvalue weighted by Gasteiger charge is -2.33. The van der Waals surface area contributed by atoms with Gasteiger partial charge in [-0.3, -0.25) is 4.79 Å². The fourth-order valence-corrected chi connectivity index (χ4v) is 5.76. The zero-order chi connectivity index (χ0) is 21.9. The number of hydrogen-bond acceptors (Lipinski definition) is 6. The number of nitrogens with one attached hydrogen (secondary N) is 1. The molecule has 8 nitrogen and oxygen atoms in total. The molecule has 0 radical (unpaired) electrons. The summed E-state index contributed by atoms with van der Waals surface area (Å²) in [6.07, 6.45) is 1.26. The van der Waals surface area contributed by atoms with Gasteiger partial charge in [-0.05, 0) is 38.7 Å². The highest BCUT2D eigenvalue weighted by atomic mass is 32.2. The van der Waals surface area contributed by atoms with E-state index >= 15 is 0 Å². The van der Waals surface area contributed by atoms with Gasteiger partial charge in [-0.1, -0.05) is 30.3 Å². The summed E-state index contributed by atoms with van der Waals surface area (Å²) in [5, 5.41) is 6.74. The molecule has 9 heteroatoms. The molecule has 2 heterocycles. The van der Waals surface area contributed by atoms with Crippen LogP contribution in [0, 0.1) is 25.7 Å². The second-order valence-electron chi connectivity index (χ2n) is 7.71. The first kappa shape index (κ1) is 22.3. The Kier molecular flexibility index (Phi) is 6.82. The van der Waals surface area contributed by atoms with Crippen LogP contribution in [-0.2, 0) is 21.4 Å². The van der Waals surface area contributed by atoms with Crippen molar-refractivity contribution < 1.29 is 22.5 Å². The molecule has 0 aliphatic carbocycles. The number of nitrogens with zero attached hydrogens (tertiary/aromatic N) is 2. The van der Waals surface area contributed by atoms with Crippen LogP contribution in [0.15, 0.2) is 33.7 Å². The molecule has 1 atom stereocenters. The third-order valence-electron chi connectivity index (χ3n) is 5.83. The van der Waals surface area contributed by atoms with Crippen LogP contribution in [0.25, 0.3) is 0 Å². The molecule has 1 amide bonds. The van der Waals surface area contributed by atoms with Crippen molar-refractivity contribution in [3.8, 4) is 5.75 Å². The largest absolute Gasteiger partial charge is 0.496 e. The Hall–Kier alpha value is -2.39. The molecule has 0 saturated carbocycles. The van der Waals surface area contributed by atoms with Crippen LogP contribution < -0.4 is 10.1 Å². The fraction of sp³-hybridized carbons (Fsp3) is 0.524. The maximum atomic E-state index is 13.0. The Labute approximate surface area is 177 Å². The number of piperidine rings is 1. The quantitative estimate of drug-likeness (QED) is 0.717. The Balaban J connectivity index is 1.57. The number of rotatable bonds is 7. The predicted octanol–water partition coefficient (Wildman–Crippen LogP) is 2.65. The van der Waals surface area contributed by atoms with Gasteiger partial charge in [-0.2, -0.15) is 4.31 Å². The molecule has 30 heavy (non-hydrogen) atoms. The molecule has 1 aliphatic rings. The standard InChI is InChI=1S/C21H29N3O5S/c1-14(21(25)22-13-18-7-5-6-8-19(18)28-4)17-9-11-24(12-10-17)30(26,27)20-15(2)23-29-16(20)3/h5-8,14,17H,9-13H2,1-4H3,(H,22,25). The zero-order valence-electron chi connectivity index (χ0n) is 17.8. The van der Waals surface area contributed by atoms with Crippen LogP contribution in [0.3, 0.4) is 0 Å². The van der Waals surface area contributed by atoms with Gasteiger partial charge in [0.1, 0.15) is 16.3 Å². The number of aromatic nitrogens is 1. The van der Waals surface area contributed by atoms with E-state index in [1.54, 1.807) is 21.0 Å². The second-order valence-corrected chi connectivity index (χ2v) is 9.59. The van der Waals surface area contributed by atoms with Crippen molar-refractivity contribution in [2.75, 3.05) is 20.2 Å². The smallest absolute Gasteiger partial charge is 0.248 e. The van der Waals surface area contributed by atoms with Gasteiger partial charge in [0.25, 0.3) is 0 Å². The van der Waals surface area contributed by atoms with E-state index in [2.05, 4.69) is 10.5 Å². The van der Waals surface area contributed by atoms with Gasteiger partial charge in [-0.25, -0.2) is 8.42 Å². The summed E-state index contributed by atoms with van der Waals surface area (Å²) < 4.78 is 37.7. The molecule has 1 aromatic carbocycles. The highest BCUT2D eigenvalue weighted by Gasteiger charge is 2.36. The normalized spacial score (nSPS) is 16.9. The van der Waals surface area contributed by atoms with Crippen LogP contribution in [-0.4, -0.2) is 44.0 Å². The highest BCUT2D eigenvalue weighted by molar-refractivity contribution is 7.89. The molecule has 1 unspecified atom stereocenters. The van der Waals surface area contributed by atoms with Crippen molar-refractivity contribution >= 4 is 15.9 Å². The Morgan fingerprint density at radius 1 is 1.30 bits per heavy atom. The van der Waals surface area contributed by atoms with Crippen molar-refractivity contribution in [2.24, 2.45) is 11.8 Å². The number of para-hydroxylation sites is 1. The summed E-state index contributed by atoms with van der Waals surface area (Å²) >= 11 is 0. The first-order valence-electron chi connectivity index (χ1n) is 10.1. The van der Waals surface area contributed by atoms with E-state index in [0.29, 0.717) is 43.9 Å². The molecule has 164 valence electrons. The van der Waals surface area contributed by atoms with E-state index < -0.39 is 10.0 Å². The average molecular weight is 436 g/mol. The molecular formula is C21H29N3O5S. The van der Waals surface area contributed by atoms with E-state index in [-0.39, 0.29) is 22.6 Å². The number of carbonyl (C=O) groups is 1. The lowest BCUT2D eigenvalue weighted by Crippen LogP contribution is -2.42. The van der Waals surface area contributed by atoms with Crippen molar-refractivity contribution in [3.63, 3.8) is 0 Å². The summed E-state index contributed by atoms with van der Waals surface area (Å²) in [7, 11) is -2.04. The highest BCUT2D eigenvalue weighted by Crippen LogP contribution is 2.30. The number of hydrogen-bond donors (Lipinski definition) is 1. The average Bonchev–Trinajstić information content (AvgIpc) is 3.10. The summed E-state index contributed by atoms with van der Waals surface area (Å²) in [4.78, 5) is 12.8. The van der Waals surface area contributed by atoms with Crippen molar-refractivity contribution in [1.82, 2.24) is 14.8 Å². The van der Waals surface area contributed by atoms with Gasteiger partial charge in [0.2, 0.25) is 15.9 Å². The number of sulfonamides is 1. The molecule has 3 rings (SSSR count). The van der Waals surface area contributed by atoms with Crippen LogP contribution in [0.4, 0.5) is 0 Å². The van der Waals surface area contributed by atoms with Gasteiger partial charge < -0.3 is 14.6 Å². The second kappa shape index (κ2) is 9.18. The van der Waals surface area contributed by atoms with E-state index in [9.17, 15) is 13.2 Å². The van der Waals surface area contributed by atoms with Gasteiger partial charge in [-0.15, -0.1) is 0 Å². The summed E-state index contributed by atoms with van der Waals surface area (Å²) in [6.45, 7) is 6.29. The zero-order valence-corrected chi connectivity index (χ0v) is 18.7. The van der Waals surface area contributed by atoms with E-state index in [4.69, 9.17) is 9.26 Å². The van der Waals surface area contributed by atoms with Crippen LogP contribution in [0.1, 0.15) is 36.8 Å². The minimum atomic E-state index is -3.64.